The van der Waals surface area contributed by atoms with Crippen LogP contribution in [0.5, 0.6) is 17.2 Å². The van der Waals surface area contributed by atoms with E-state index in [2.05, 4.69) is 4.74 Å². The highest BCUT2D eigenvalue weighted by Crippen LogP contribution is 2.42. The van der Waals surface area contributed by atoms with Crippen molar-refractivity contribution in [3.8, 4) is 23.3 Å². The highest BCUT2D eigenvalue weighted by Gasteiger charge is 2.20. The summed E-state index contributed by atoms with van der Waals surface area (Å²) >= 11 is 0. The molecule has 0 fully saturated rings. The van der Waals surface area contributed by atoms with Gasteiger partial charge in [0.05, 0.1) is 14.2 Å². The Hall–Kier alpha value is -2.68. The van der Waals surface area contributed by atoms with Crippen molar-refractivity contribution in [1.29, 1.82) is 5.26 Å². The molecule has 1 aliphatic heterocycles. The van der Waals surface area contributed by atoms with Gasteiger partial charge in [-0.15, -0.1) is 0 Å². The zero-order valence-corrected chi connectivity index (χ0v) is 10.4. The monoisotopic (exact) mass is 261 g/mol. The van der Waals surface area contributed by atoms with Crippen LogP contribution in [-0.4, -0.2) is 27.0 Å². The Kier molecular flexibility index (Phi) is 3.57. The van der Waals surface area contributed by atoms with E-state index in [1.807, 2.05) is 0 Å². The zero-order valence-electron chi connectivity index (χ0n) is 10.4. The van der Waals surface area contributed by atoms with Crippen LogP contribution in [0.3, 0.4) is 0 Å². The molecule has 0 saturated heterocycles. The minimum Gasteiger partial charge on any atom is -0.493 e. The lowest BCUT2D eigenvalue weighted by atomic mass is 10.1. The van der Waals surface area contributed by atoms with Crippen molar-refractivity contribution in [3.05, 3.63) is 23.3 Å². The number of rotatable bonds is 3. The Labute approximate surface area is 109 Å². The summed E-state index contributed by atoms with van der Waals surface area (Å²) in [7, 11) is 2.71. The third-order valence-electron chi connectivity index (χ3n) is 2.52. The third kappa shape index (κ3) is 2.45. The van der Waals surface area contributed by atoms with Crippen LogP contribution in [-0.2, 0) is 9.53 Å². The van der Waals surface area contributed by atoms with E-state index in [1.54, 1.807) is 18.2 Å². The minimum atomic E-state index is -0.695. The normalized spacial score (nSPS) is 12.8. The second-order valence-corrected chi connectivity index (χ2v) is 3.62. The quantitative estimate of drug-likeness (QED) is 0.466. The van der Waals surface area contributed by atoms with Gasteiger partial charge < -0.3 is 18.9 Å². The molecule has 0 aliphatic carbocycles. The van der Waals surface area contributed by atoms with Gasteiger partial charge in [-0.1, -0.05) is 0 Å². The smallest absolute Gasteiger partial charge is 0.348 e. The molecular formula is C13H11NO5. The van der Waals surface area contributed by atoms with Crippen LogP contribution in [0, 0.1) is 11.3 Å². The molecule has 6 heteroatoms. The Morgan fingerprint density at radius 2 is 2.21 bits per heavy atom. The summed E-state index contributed by atoms with van der Waals surface area (Å²) in [6, 6.07) is 5.08. The van der Waals surface area contributed by atoms with Gasteiger partial charge >= 0.3 is 5.97 Å². The standard InChI is InChI=1S/C13H11NO5/c1-16-10-4-8(3-9(6-14)13(15)17-2)5-11-12(10)19-7-18-11/h3-5H,7H2,1-2H3. The van der Waals surface area contributed by atoms with E-state index in [-0.39, 0.29) is 12.4 Å². The molecule has 0 unspecified atom stereocenters. The van der Waals surface area contributed by atoms with Gasteiger partial charge in [0.25, 0.3) is 0 Å². The van der Waals surface area contributed by atoms with Crippen molar-refractivity contribution in [2.45, 2.75) is 0 Å². The van der Waals surface area contributed by atoms with Crippen molar-refractivity contribution in [1.82, 2.24) is 0 Å². The van der Waals surface area contributed by atoms with Crippen LogP contribution >= 0.6 is 0 Å². The van der Waals surface area contributed by atoms with Crippen molar-refractivity contribution < 1.29 is 23.7 Å². The van der Waals surface area contributed by atoms with Gasteiger partial charge in [0.2, 0.25) is 12.5 Å². The molecule has 6 nitrogen and oxygen atoms in total. The van der Waals surface area contributed by atoms with Crippen molar-refractivity contribution >= 4 is 12.0 Å². The predicted molar refractivity (Wildman–Crippen MR) is 64.7 cm³/mol. The molecule has 1 aromatic rings. The molecule has 0 bridgehead atoms. The topological polar surface area (TPSA) is 77.8 Å². The number of nitriles is 1. The molecule has 0 saturated carbocycles. The lowest BCUT2D eigenvalue weighted by Crippen LogP contribution is -2.02. The average Bonchev–Trinajstić information content (AvgIpc) is 2.91. The Balaban J connectivity index is 2.44. The van der Waals surface area contributed by atoms with Gasteiger partial charge in [-0.05, 0) is 23.8 Å². The predicted octanol–water partition coefficient (Wildman–Crippen LogP) is 1.50. The lowest BCUT2D eigenvalue weighted by Gasteiger charge is -2.06. The van der Waals surface area contributed by atoms with E-state index in [9.17, 15) is 4.79 Å². The van der Waals surface area contributed by atoms with Gasteiger partial charge in [-0.2, -0.15) is 5.26 Å². The summed E-state index contributed by atoms with van der Waals surface area (Å²) in [6.45, 7) is 0.112. The molecule has 19 heavy (non-hydrogen) atoms. The summed E-state index contributed by atoms with van der Waals surface area (Å²) in [5.41, 5.74) is 0.478. The summed E-state index contributed by atoms with van der Waals surface area (Å²) in [4.78, 5) is 11.3. The Morgan fingerprint density at radius 1 is 1.42 bits per heavy atom. The molecule has 0 spiro atoms. The van der Waals surface area contributed by atoms with Gasteiger partial charge in [0.15, 0.2) is 11.5 Å². The molecule has 0 radical (unpaired) electrons. The molecular weight excluding hydrogens is 250 g/mol. The van der Waals surface area contributed by atoms with Crippen molar-refractivity contribution in [2.24, 2.45) is 0 Å². The first-order valence-corrected chi connectivity index (χ1v) is 5.37. The third-order valence-corrected chi connectivity index (χ3v) is 2.52. The Morgan fingerprint density at radius 3 is 2.84 bits per heavy atom. The molecule has 1 aliphatic rings. The summed E-state index contributed by atoms with van der Waals surface area (Å²) in [5.74, 6) is 0.798. The maximum absolute atomic E-state index is 11.3. The van der Waals surface area contributed by atoms with Crippen LogP contribution in [0.15, 0.2) is 17.7 Å². The second kappa shape index (κ2) is 5.31. The minimum absolute atomic E-state index is 0.108. The summed E-state index contributed by atoms with van der Waals surface area (Å²) < 4.78 is 20.2. The largest absolute Gasteiger partial charge is 0.493 e. The molecule has 0 amide bonds. The fourth-order valence-corrected chi connectivity index (χ4v) is 1.65. The highest BCUT2D eigenvalue weighted by atomic mass is 16.7. The fraction of sp³-hybridized carbons (Fsp3) is 0.231. The average molecular weight is 261 g/mol. The second-order valence-electron chi connectivity index (χ2n) is 3.62. The number of carbonyl (C=O) groups is 1. The van der Waals surface area contributed by atoms with Crippen LogP contribution < -0.4 is 14.2 Å². The van der Waals surface area contributed by atoms with E-state index in [4.69, 9.17) is 19.5 Å². The van der Waals surface area contributed by atoms with Crippen LogP contribution in [0.2, 0.25) is 0 Å². The Bertz CT molecular complexity index is 585. The van der Waals surface area contributed by atoms with E-state index >= 15 is 0 Å². The maximum atomic E-state index is 11.3. The lowest BCUT2D eigenvalue weighted by molar-refractivity contribution is -0.135. The van der Waals surface area contributed by atoms with Gasteiger partial charge in [0, 0.05) is 0 Å². The first-order chi connectivity index (χ1) is 9.19. The number of methoxy groups -OCH3 is 2. The molecule has 1 aromatic carbocycles. The fourth-order valence-electron chi connectivity index (χ4n) is 1.65. The van der Waals surface area contributed by atoms with E-state index in [0.717, 1.165) is 0 Å². The maximum Gasteiger partial charge on any atom is 0.348 e. The van der Waals surface area contributed by atoms with Gasteiger partial charge in [-0.3, -0.25) is 0 Å². The van der Waals surface area contributed by atoms with Crippen molar-refractivity contribution in [3.63, 3.8) is 0 Å². The molecule has 2 rings (SSSR count). The SMILES string of the molecule is COC(=O)C(C#N)=Cc1cc(OC)c2c(c1)OCO2. The molecule has 0 atom stereocenters. The number of hydrogen-bond acceptors (Lipinski definition) is 6. The van der Waals surface area contributed by atoms with Gasteiger partial charge in [-0.25, -0.2) is 4.79 Å². The number of esters is 1. The first-order valence-electron chi connectivity index (χ1n) is 5.37. The summed E-state index contributed by atoms with van der Waals surface area (Å²) in [6.07, 6.45) is 1.40. The number of hydrogen-bond donors (Lipinski definition) is 0. The van der Waals surface area contributed by atoms with E-state index < -0.39 is 5.97 Å². The van der Waals surface area contributed by atoms with Crippen molar-refractivity contribution in [2.75, 3.05) is 21.0 Å². The number of nitrogens with zero attached hydrogens (tertiary/aromatic N) is 1. The zero-order chi connectivity index (χ0) is 13.8. The summed E-state index contributed by atoms with van der Waals surface area (Å²) in [5, 5.41) is 8.90. The van der Waals surface area contributed by atoms with Crippen LogP contribution in [0.4, 0.5) is 0 Å². The van der Waals surface area contributed by atoms with Crippen LogP contribution in [0.25, 0.3) is 6.08 Å². The molecule has 1 heterocycles. The molecule has 98 valence electrons. The van der Waals surface area contributed by atoms with E-state index in [1.165, 1.54) is 20.3 Å². The van der Waals surface area contributed by atoms with E-state index in [0.29, 0.717) is 22.8 Å². The van der Waals surface area contributed by atoms with Gasteiger partial charge in [0.1, 0.15) is 11.6 Å². The molecule has 0 N–H and O–H groups in total. The number of fused-ring (bicyclic) bond motifs is 1. The number of benzene rings is 1. The van der Waals surface area contributed by atoms with Crippen LogP contribution in [0.1, 0.15) is 5.56 Å². The highest BCUT2D eigenvalue weighted by molar-refractivity contribution is 5.98. The number of carbonyl (C=O) groups excluding carboxylic acids is 1. The first kappa shape index (κ1) is 12.8. The number of ether oxygens (including phenoxy) is 4. The molecule has 0 aromatic heterocycles.